The van der Waals surface area contributed by atoms with Crippen molar-refractivity contribution in [1.29, 1.82) is 0 Å². The van der Waals surface area contributed by atoms with Crippen molar-refractivity contribution < 1.29 is 5.11 Å². The first-order valence-corrected chi connectivity index (χ1v) is 5.98. The highest BCUT2D eigenvalue weighted by Crippen LogP contribution is 2.37. The molecule has 0 aliphatic carbocycles. The monoisotopic (exact) mass is 304 g/mol. The van der Waals surface area contributed by atoms with Crippen LogP contribution >= 0.6 is 22.6 Å². The predicted molar refractivity (Wildman–Crippen MR) is 68.9 cm³/mol. The van der Waals surface area contributed by atoms with Crippen molar-refractivity contribution in [2.75, 3.05) is 0 Å². The molecule has 1 aromatic rings. The van der Waals surface area contributed by atoms with Crippen LogP contribution in [0.4, 0.5) is 0 Å². The van der Waals surface area contributed by atoms with E-state index in [1.165, 1.54) is 5.56 Å². The molecule has 0 bridgehead atoms. The molecule has 0 saturated carbocycles. The molecule has 2 heteroatoms. The Hall–Kier alpha value is -0.250. The van der Waals surface area contributed by atoms with Crippen LogP contribution in [-0.4, -0.2) is 5.11 Å². The summed E-state index contributed by atoms with van der Waals surface area (Å²) in [5, 5.41) is 9.20. The zero-order chi connectivity index (χ0) is 10.8. The Morgan fingerprint density at radius 2 is 1.79 bits per heavy atom. The fourth-order valence-corrected chi connectivity index (χ4v) is 2.93. The molecule has 1 atom stereocenters. The van der Waals surface area contributed by atoms with E-state index < -0.39 is 0 Å². The van der Waals surface area contributed by atoms with Crippen molar-refractivity contribution >= 4 is 22.6 Å². The molecule has 0 heterocycles. The maximum absolute atomic E-state index is 9.20. The van der Waals surface area contributed by atoms with Crippen molar-refractivity contribution in [1.82, 2.24) is 0 Å². The van der Waals surface area contributed by atoms with Crippen molar-refractivity contribution in [3.8, 4) is 5.75 Å². The van der Waals surface area contributed by atoms with E-state index in [0.717, 1.165) is 6.42 Å². The first-order valence-electron chi connectivity index (χ1n) is 4.90. The molecule has 0 aliphatic heterocycles. The summed E-state index contributed by atoms with van der Waals surface area (Å²) in [5.41, 5.74) is 1.28. The summed E-state index contributed by atoms with van der Waals surface area (Å²) < 4.78 is 0.166. The molecule has 1 nitrogen and oxygen atoms in total. The van der Waals surface area contributed by atoms with Crippen LogP contribution < -0.4 is 0 Å². The second-order valence-corrected chi connectivity index (χ2v) is 6.72. The highest BCUT2D eigenvalue weighted by molar-refractivity contribution is 14.1. The number of phenols is 1. The number of phenolic OH excluding ortho intramolecular Hbond substituents is 1. The van der Waals surface area contributed by atoms with Crippen molar-refractivity contribution in [3.63, 3.8) is 0 Å². The number of hydrogen-bond acceptors (Lipinski definition) is 1. The van der Waals surface area contributed by atoms with E-state index in [2.05, 4.69) is 43.4 Å². The fraction of sp³-hybridized carbons (Fsp3) is 0.500. The predicted octanol–water partition coefficient (Wildman–Crippen LogP) is 4.09. The molecule has 1 N–H and O–H groups in total. The van der Waals surface area contributed by atoms with Gasteiger partial charge in [-0.25, -0.2) is 0 Å². The van der Waals surface area contributed by atoms with Gasteiger partial charge < -0.3 is 5.11 Å². The first-order chi connectivity index (χ1) is 6.42. The molecule has 78 valence electrons. The third-order valence-electron chi connectivity index (χ3n) is 2.26. The average molecular weight is 304 g/mol. The van der Waals surface area contributed by atoms with E-state index >= 15 is 0 Å². The van der Waals surface area contributed by atoms with Gasteiger partial charge in [0, 0.05) is 3.42 Å². The van der Waals surface area contributed by atoms with Crippen molar-refractivity contribution in [2.24, 2.45) is 5.92 Å². The lowest BCUT2D eigenvalue weighted by Gasteiger charge is -2.25. The van der Waals surface area contributed by atoms with E-state index in [1.807, 2.05) is 12.1 Å². The molecule has 0 spiro atoms. The maximum Gasteiger partial charge on any atom is 0.115 e. The summed E-state index contributed by atoms with van der Waals surface area (Å²) in [6, 6.07) is 7.52. The van der Waals surface area contributed by atoms with Gasteiger partial charge >= 0.3 is 0 Å². The minimum absolute atomic E-state index is 0.166. The quantitative estimate of drug-likeness (QED) is 0.659. The zero-order valence-corrected chi connectivity index (χ0v) is 11.1. The SMILES string of the molecule is CC(C)CC(C)(I)c1ccc(O)cc1. The summed E-state index contributed by atoms with van der Waals surface area (Å²) in [6.45, 7) is 6.70. The molecule has 1 rings (SSSR count). The highest BCUT2D eigenvalue weighted by atomic mass is 127. The van der Waals surface area contributed by atoms with Crippen LogP contribution in [0.25, 0.3) is 0 Å². The lowest BCUT2D eigenvalue weighted by Crippen LogP contribution is -2.15. The Morgan fingerprint density at radius 3 is 2.21 bits per heavy atom. The molecule has 1 aromatic carbocycles. The van der Waals surface area contributed by atoms with E-state index in [0.29, 0.717) is 11.7 Å². The lowest BCUT2D eigenvalue weighted by molar-refractivity contribution is 0.473. The van der Waals surface area contributed by atoms with Crippen LogP contribution in [0.5, 0.6) is 5.75 Å². The van der Waals surface area contributed by atoms with E-state index in [9.17, 15) is 5.11 Å². The van der Waals surface area contributed by atoms with Gasteiger partial charge in [-0.05, 0) is 37.0 Å². The zero-order valence-electron chi connectivity index (χ0n) is 8.92. The molecule has 0 aromatic heterocycles. The molecule has 0 saturated heterocycles. The van der Waals surface area contributed by atoms with Crippen molar-refractivity contribution in [2.45, 2.75) is 30.6 Å². The molecule has 0 radical (unpaired) electrons. The standard InChI is InChI=1S/C12H17IO/c1-9(2)8-12(3,13)10-4-6-11(14)7-5-10/h4-7,9,14H,8H2,1-3H3. The number of benzene rings is 1. The number of alkyl halides is 1. The molecule has 0 fully saturated rings. The highest BCUT2D eigenvalue weighted by Gasteiger charge is 2.23. The van der Waals surface area contributed by atoms with Gasteiger partial charge in [0.2, 0.25) is 0 Å². The fourth-order valence-electron chi connectivity index (χ4n) is 1.69. The largest absolute Gasteiger partial charge is 0.508 e. The van der Waals surface area contributed by atoms with Gasteiger partial charge in [-0.3, -0.25) is 0 Å². The number of hydrogen-bond donors (Lipinski definition) is 1. The Bertz CT molecular complexity index is 288. The Labute approximate surface area is 99.7 Å². The molecular weight excluding hydrogens is 287 g/mol. The summed E-state index contributed by atoms with van der Waals surface area (Å²) >= 11 is 2.49. The molecule has 0 aliphatic rings. The normalized spacial score (nSPS) is 15.5. The summed E-state index contributed by atoms with van der Waals surface area (Å²) in [7, 11) is 0. The minimum atomic E-state index is 0.166. The first kappa shape index (κ1) is 11.8. The summed E-state index contributed by atoms with van der Waals surface area (Å²) in [6.07, 6.45) is 1.15. The topological polar surface area (TPSA) is 20.2 Å². The Kier molecular flexibility index (Phi) is 3.81. The molecule has 14 heavy (non-hydrogen) atoms. The number of rotatable bonds is 3. The van der Waals surface area contributed by atoms with Gasteiger partial charge in [-0.2, -0.15) is 0 Å². The van der Waals surface area contributed by atoms with Gasteiger partial charge in [0.15, 0.2) is 0 Å². The van der Waals surface area contributed by atoms with E-state index in [4.69, 9.17) is 0 Å². The van der Waals surface area contributed by atoms with Gasteiger partial charge in [0.1, 0.15) is 5.75 Å². The van der Waals surface area contributed by atoms with Crippen LogP contribution in [-0.2, 0) is 3.42 Å². The van der Waals surface area contributed by atoms with Gasteiger partial charge in [0.25, 0.3) is 0 Å². The van der Waals surface area contributed by atoms with Crippen LogP contribution in [0, 0.1) is 5.92 Å². The Morgan fingerprint density at radius 1 is 1.29 bits per heavy atom. The second kappa shape index (κ2) is 4.51. The maximum atomic E-state index is 9.20. The molecule has 0 amide bonds. The van der Waals surface area contributed by atoms with Crippen LogP contribution in [0.15, 0.2) is 24.3 Å². The van der Waals surface area contributed by atoms with Crippen LogP contribution in [0.3, 0.4) is 0 Å². The molecule has 1 unspecified atom stereocenters. The number of aromatic hydroxyl groups is 1. The van der Waals surface area contributed by atoms with Gasteiger partial charge in [0.05, 0.1) is 0 Å². The smallest absolute Gasteiger partial charge is 0.115 e. The summed E-state index contributed by atoms with van der Waals surface area (Å²) in [4.78, 5) is 0. The summed E-state index contributed by atoms with van der Waals surface area (Å²) in [5.74, 6) is 1.02. The van der Waals surface area contributed by atoms with E-state index in [1.54, 1.807) is 12.1 Å². The van der Waals surface area contributed by atoms with Crippen LogP contribution in [0.2, 0.25) is 0 Å². The van der Waals surface area contributed by atoms with Crippen molar-refractivity contribution in [3.05, 3.63) is 29.8 Å². The minimum Gasteiger partial charge on any atom is -0.508 e. The van der Waals surface area contributed by atoms with Crippen LogP contribution in [0.1, 0.15) is 32.8 Å². The second-order valence-electron chi connectivity index (χ2n) is 4.34. The lowest BCUT2D eigenvalue weighted by atomic mass is 9.92. The number of halogens is 1. The third kappa shape index (κ3) is 3.15. The van der Waals surface area contributed by atoms with Gasteiger partial charge in [-0.15, -0.1) is 0 Å². The average Bonchev–Trinajstić information content (AvgIpc) is 2.02. The Balaban J connectivity index is 2.86. The van der Waals surface area contributed by atoms with Gasteiger partial charge in [-0.1, -0.05) is 48.6 Å². The van der Waals surface area contributed by atoms with E-state index in [-0.39, 0.29) is 3.42 Å². The molecular formula is C12H17IO. The third-order valence-corrected chi connectivity index (χ3v) is 3.32.